The quantitative estimate of drug-likeness (QED) is 0.902. The van der Waals surface area contributed by atoms with Crippen LogP contribution in [0.15, 0.2) is 35.2 Å². The van der Waals surface area contributed by atoms with Crippen LogP contribution >= 0.6 is 0 Å². The van der Waals surface area contributed by atoms with Crippen molar-refractivity contribution in [3.8, 4) is 11.4 Å². The van der Waals surface area contributed by atoms with Crippen molar-refractivity contribution in [3.05, 3.63) is 30.7 Å². The standard InChI is InChI=1S/C15H18N4O2/c16-12-3-1-2-11(8-12)15(20)18-13-6-4-10(5-7-13)14-17-9-21-19-14/h4-7,9,11-12H,1-3,8,16H2,(H,18,20). The van der Waals surface area contributed by atoms with Gasteiger partial charge in [0.1, 0.15) is 0 Å². The Bertz CT molecular complexity index is 595. The summed E-state index contributed by atoms with van der Waals surface area (Å²) >= 11 is 0. The van der Waals surface area contributed by atoms with Gasteiger partial charge in [0.05, 0.1) is 0 Å². The fourth-order valence-electron chi connectivity index (χ4n) is 2.71. The highest BCUT2D eigenvalue weighted by atomic mass is 16.5. The Morgan fingerprint density at radius 3 is 2.76 bits per heavy atom. The van der Waals surface area contributed by atoms with E-state index >= 15 is 0 Å². The van der Waals surface area contributed by atoms with Gasteiger partial charge >= 0.3 is 0 Å². The largest absolute Gasteiger partial charge is 0.342 e. The zero-order valence-corrected chi connectivity index (χ0v) is 11.7. The van der Waals surface area contributed by atoms with E-state index in [1.807, 2.05) is 24.3 Å². The first-order chi connectivity index (χ1) is 10.2. The van der Waals surface area contributed by atoms with Crippen LogP contribution < -0.4 is 11.1 Å². The molecule has 6 nitrogen and oxygen atoms in total. The number of amides is 1. The highest BCUT2D eigenvalue weighted by Gasteiger charge is 2.25. The van der Waals surface area contributed by atoms with Crippen LogP contribution in [-0.2, 0) is 4.79 Å². The number of hydrogen-bond acceptors (Lipinski definition) is 5. The van der Waals surface area contributed by atoms with Gasteiger partial charge in [-0.2, -0.15) is 4.98 Å². The fraction of sp³-hybridized carbons (Fsp3) is 0.400. The predicted octanol–water partition coefficient (Wildman–Crippen LogP) is 2.19. The first-order valence-electron chi connectivity index (χ1n) is 7.15. The summed E-state index contributed by atoms with van der Waals surface area (Å²) in [5, 5.41) is 6.72. The molecule has 0 aliphatic heterocycles. The molecule has 21 heavy (non-hydrogen) atoms. The van der Waals surface area contributed by atoms with Gasteiger partial charge in [0, 0.05) is 23.2 Å². The molecule has 3 N–H and O–H groups in total. The van der Waals surface area contributed by atoms with E-state index in [9.17, 15) is 4.79 Å². The summed E-state index contributed by atoms with van der Waals surface area (Å²) in [7, 11) is 0. The van der Waals surface area contributed by atoms with Crippen LogP contribution in [0.25, 0.3) is 11.4 Å². The maximum Gasteiger partial charge on any atom is 0.227 e. The number of carbonyl (C=O) groups is 1. The SMILES string of the molecule is NC1CCCC(C(=O)Nc2ccc(-c3ncon3)cc2)C1. The highest BCUT2D eigenvalue weighted by molar-refractivity contribution is 5.92. The summed E-state index contributed by atoms with van der Waals surface area (Å²) < 4.78 is 4.71. The van der Waals surface area contributed by atoms with E-state index in [1.165, 1.54) is 6.39 Å². The number of carbonyl (C=O) groups excluding carboxylic acids is 1. The normalized spacial score (nSPS) is 22.0. The summed E-state index contributed by atoms with van der Waals surface area (Å²) in [4.78, 5) is 16.2. The van der Waals surface area contributed by atoms with Crippen molar-refractivity contribution in [1.29, 1.82) is 0 Å². The monoisotopic (exact) mass is 286 g/mol. The molecule has 2 unspecified atom stereocenters. The smallest absolute Gasteiger partial charge is 0.227 e. The average molecular weight is 286 g/mol. The van der Waals surface area contributed by atoms with Gasteiger partial charge in [-0.25, -0.2) is 0 Å². The lowest BCUT2D eigenvalue weighted by Gasteiger charge is -2.25. The number of anilines is 1. The molecule has 110 valence electrons. The van der Waals surface area contributed by atoms with Crippen LogP contribution in [0, 0.1) is 5.92 Å². The van der Waals surface area contributed by atoms with E-state index in [0.717, 1.165) is 36.9 Å². The van der Waals surface area contributed by atoms with Gasteiger partial charge in [-0.05, 0) is 43.5 Å². The lowest BCUT2D eigenvalue weighted by atomic mass is 9.85. The maximum absolute atomic E-state index is 12.2. The molecule has 2 aromatic rings. The van der Waals surface area contributed by atoms with Gasteiger partial charge in [0.15, 0.2) is 0 Å². The molecular formula is C15H18N4O2. The number of rotatable bonds is 3. The van der Waals surface area contributed by atoms with Gasteiger partial charge < -0.3 is 15.6 Å². The zero-order chi connectivity index (χ0) is 14.7. The molecule has 2 atom stereocenters. The molecule has 1 fully saturated rings. The number of nitrogens with one attached hydrogen (secondary N) is 1. The molecular weight excluding hydrogens is 268 g/mol. The van der Waals surface area contributed by atoms with E-state index in [2.05, 4.69) is 15.5 Å². The zero-order valence-electron chi connectivity index (χ0n) is 11.7. The second-order valence-corrected chi connectivity index (χ2v) is 5.45. The summed E-state index contributed by atoms with van der Waals surface area (Å²) in [5.74, 6) is 0.606. The molecule has 0 saturated heterocycles. The molecule has 1 amide bonds. The Hall–Kier alpha value is -2.21. The van der Waals surface area contributed by atoms with Gasteiger partial charge in [-0.1, -0.05) is 11.6 Å². The topological polar surface area (TPSA) is 94.0 Å². The van der Waals surface area contributed by atoms with Gasteiger partial charge in [0.25, 0.3) is 0 Å². The van der Waals surface area contributed by atoms with Crippen molar-refractivity contribution < 1.29 is 9.32 Å². The molecule has 1 heterocycles. The van der Waals surface area contributed by atoms with Crippen LogP contribution in [0.2, 0.25) is 0 Å². The van der Waals surface area contributed by atoms with Crippen molar-refractivity contribution in [2.45, 2.75) is 31.7 Å². The van der Waals surface area contributed by atoms with Crippen LogP contribution in [0.4, 0.5) is 5.69 Å². The second-order valence-electron chi connectivity index (χ2n) is 5.45. The Morgan fingerprint density at radius 1 is 1.29 bits per heavy atom. The first-order valence-corrected chi connectivity index (χ1v) is 7.15. The van der Waals surface area contributed by atoms with E-state index < -0.39 is 0 Å². The van der Waals surface area contributed by atoms with Crippen molar-refractivity contribution in [1.82, 2.24) is 10.1 Å². The van der Waals surface area contributed by atoms with Gasteiger partial charge in [-0.3, -0.25) is 4.79 Å². The predicted molar refractivity (Wildman–Crippen MR) is 78.3 cm³/mol. The molecule has 0 bridgehead atoms. The van der Waals surface area contributed by atoms with E-state index in [-0.39, 0.29) is 17.9 Å². The molecule has 1 aliphatic carbocycles. The van der Waals surface area contributed by atoms with Crippen molar-refractivity contribution in [2.24, 2.45) is 11.7 Å². The van der Waals surface area contributed by atoms with Crippen LogP contribution in [0.3, 0.4) is 0 Å². The Morgan fingerprint density at radius 2 is 2.10 bits per heavy atom. The number of nitrogens with two attached hydrogens (primary N) is 1. The number of nitrogens with zero attached hydrogens (tertiary/aromatic N) is 2. The minimum absolute atomic E-state index is 0.0191. The average Bonchev–Trinajstić information content (AvgIpc) is 3.02. The third-order valence-corrected chi connectivity index (χ3v) is 3.86. The molecule has 1 aromatic heterocycles. The lowest BCUT2D eigenvalue weighted by Crippen LogP contribution is -2.34. The Balaban J connectivity index is 1.63. The molecule has 3 rings (SSSR count). The summed E-state index contributed by atoms with van der Waals surface area (Å²) in [6, 6.07) is 7.54. The first kappa shape index (κ1) is 13.8. The lowest BCUT2D eigenvalue weighted by molar-refractivity contribution is -0.120. The van der Waals surface area contributed by atoms with E-state index in [0.29, 0.717) is 5.82 Å². The fourth-order valence-corrected chi connectivity index (χ4v) is 2.71. The van der Waals surface area contributed by atoms with Gasteiger partial charge in [-0.15, -0.1) is 0 Å². The minimum Gasteiger partial charge on any atom is -0.342 e. The summed E-state index contributed by atoms with van der Waals surface area (Å²) in [6.45, 7) is 0. The highest BCUT2D eigenvalue weighted by Crippen LogP contribution is 2.25. The summed E-state index contributed by atoms with van der Waals surface area (Å²) in [5.41, 5.74) is 7.55. The number of aromatic nitrogens is 2. The molecule has 1 saturated carbocycles. The van der Waals surface area contributed by atoms with Crippen molar-refractivity contribution in [2.75, 3.05) is 5.32 Å². The molecule has 0 radical (unpaired) electrons. The maximum atomic E-state index is 12.2. The van der Waals surface area contributed by atoms with E-state index in [1.54, 1.807) is 0 Å². The van der Waals surface area contributed by atoms with Crippen LogP contribution in [-0.4, -0.2) is 22.1 Å². The third kappa shape index (κ3) is 3.28. The molecule has 1 aromatic carbocycles. The number of hydrogen-bond donors (Lipinski definition) is 2. The molecule has 1 aliphatic rings. The molecule has 6 heteroatoms. The minimum atomic E-state index is 0.0191. The van der Waals surface area contributed by atoms with Crippen LogP contribution in [0.5, 0.6) is 0 Å². The molecule has 0 spiro atoms. The number of benzene rings is 1. The summed E-state index contributed by atoms with van der Waals surface area (Å²) in [6.07, 6.45) is 5.02. The van der Waals surface area contributed by atoms with Crippen molar-refractivity contribution >= 4 is 11.6 Å². The second kappa shape index (κ2) is 6.05. The van der Waals surface area contributed by atoms with Crippen molar-refractivity contribution in [3.63, 3.8) is 0 Å². The van der Waals surface area contributed by atoms with Crippen LogP contribution in [0.1, 0.15) is 25.7 Å². The Kier molecular flexibility index (Phi) is 3.96. The van der Waals surface area contributed by atoms with E-state index in [4.69, 9.17) is 10.3 Å². The Labute approximate surface area is 122 Å². The van der Waals surface area contributed by atoms with Gasteiger partial charge in [0.2, 0.25) is 18.1 Å². The third-order valence-electron chi connectivity index (χ3n) is 3.86.